The lowest BCUT2D eigenvalue weighted by Crippen LogP contribution is -2.09. The molecule has 0 aliphatic carbocycles. The highest BCUT2D eigenvalue weighted by Gasteiger charge is 2.32. The molecule has 1 aromatic rings. The Morgan fingerprint density at radius 1 is 1.33 bits per heavy atom. The monoisotopic (exact) mass is 252 g/mol. The summed E-state index contributed by atoms with van der Waals surface area (Å²) in [6.07, 6.45) is -2.11. The van der Waals surface area contributed by atoms with E-state index in [0.717, 1.165) is 25.0 Å². The second-order valence-electron chi connectivity index (χ2n) is 3.61. The predicted octanol–water partition coefficient (Wildman–Crippen LogP) is 3.51. The van der Waals surface area contributed by atoms with Gasteiger partial charge in [-0.3, -0.25) is 0 Å². The summed E-state index contributed by atoms with van der Waals surface area (Å²) in [5.41, 5.74) is -1.07. The molecule has 0 amide bonds. The van der Waals surface area contributed by atoms with Crippen molar-refractivity contribution in [2.45, 2.75) is 32.4 Å². The van der Waals surface area contributed by atoms with Crippen molar-refractivity contribution in [3.63, 3.8) is 0 Å². The predicted molar refractivity (Wildman–Crippen MR) is 60.4 cm³/mol. The van der Waals surface area contributed by atoms with Crippen molar-refractivity contribution in [3.8, 4) is 17.9 Å². The Balaban J connectivity index is 3.07. The molecule has 1 rings (SSSR count). The zero-order chi connectivity index (χ0) is 13.6. The lowest BCUT2D eigenvalue weighted by Gasteiger charge is -2.05. The largest absolute Gasteiger partial charge is 0.433 e. The molecule has 5 heteroatoms. The highest BCUT2D eigenvalue weighted by molar-refractivity contribution is 5.44. The first-order chi connectivity index (χ1) is 8.49. The maximum atomic E-state index is 12.5. The second-order valence-corrected chi connectivity index (χ2v) is 3.61. The summed E-state index contributed by atoms with van der Waals surface area (Å²) in [5, 5.41) is 8.78. The van der Waals surface area contributed by atoms with E-state index in [2.05, 4.69) is 16.8 Å². The Morgan fingerprint density at radius 2 is 2.06 bits per heavy atom. The molecule has 0 atom stereocenters. The zero-order valence-electron chi connectivity index (χ0n) is 9.80. The van der Waals surface area contributed by atoms with Gasteiger partial charge in [-0.1, -0.05) is 19.3 Å². The Labute approximate surface area is 103 Å². The minimum Gasteiger partial charge on any atom is -0.233 e. The fourth-order valence-electron chi connectivity index (χ4n) is 1.21. The number of halogens is 3. The summed E-state index contributed by atoms with van der Waals surface area (Å²) < 4.78 is 37.4. The van der Waals surface area contributed by atoms with Crippen LogP contribution in [0.1, 0.15) is 43.1 Å². The summed E-state index contributed by atoms with van der Waals surface area (Å²) >= 11 is 0. The van der Waals surface area contributed by atoms with Crippen LogP contribution < -0.4 is 0 Å². The highest BCUT2D eigenvalue weighted by Crippen LogP contribution is 2.27. The van der Waals surface area contributed by atoms with E-state index in [1.54, 1.807) is 6.07 Å². The van der Waals surface area contributed by atoms with Crippen molar-refractivity contribution in [2.75, 3.05) is 0 Å². The van der Waals surface area contributed by atoms with Gasteiger partial charge < -0.3 is 0 Å². The third kappa shape index (κ3) is 3.78. The number of pyridine rings is 1. The van der Waals surface area contributed by atoms with Gasteiger partial charge in [0.2, 0.25) is 0 Å². The Kier molecular flexibility index (Phi) is 4.74. The van der Waals surface area contributed by atoms with E-state index in [9.17, 15) is 13.2 Å². The van der Waals surface area contributed by atoms with Crippen LogP contribution in [0.5, 0.6) is 0 Å². The van der Waals surface area contributed by atoms with Crippen LogP contribution in [0, 0.1) is 23.2 Å². The van der Waals surface area contributed by atoms with Gasteiger partial charge in [-0.25, -0.2) is 4.98 Å². The molecule has 0 aromatic carbocycles. The third-order valence-corrected chi connectivity index (χ3v) is 2.17. The van der Waals surface area contributed by atoms with E-state index in [4.69, 9.17) is 5.26 Å². The molecule has 0 spiro atoms. The van der Waals surface area contributed by atoms with Gasteiger partial charge in [0.25, 0.3) is 0 Å². The number of hydrogen-bond acceptors (Lipinski definition) is 2. The van der Waals surface area contributed by atoms with Crippen LogP contribution in [0.4, 0.5) is 13.2 Å². The fourth-order valence-corrected chi connectivity index (χ4v) is 1.21. The number of rotatable bonds is 2. The second kappa shape index (κ2) is 6.07. The summed E-state index contributed by atoms with van der Waals surface area (Å²) in [6.45, 7) is 1.99. The zero-order valence-corrected chi connectivity index (χ0v) is 9.80. The number of alkyl halides is 3. The molecule has 18 heavy (non-hydrogen) atoms. The normalized spacial score (nSPS) is 10.4. The number of hydrogen-bond donors (Lipinski definition) is 0. The average molecular weight is 252 g/mol. The maximum absolute atomic E-state index is 12.5. The molecule has 0 fully saturated rings. The van der Waals surface area contributed by atoms with E-state index in [1.165, 1.54) is 0 Å². The van der Waals surface area contributed by atoms with Crippen molar-refractivity contribution >= 4 is 0 Å². The molecule has 1 aromatic heterocycles. The first-order valence-corrected chi connectivity index (χ1v) is 5.46. The van der Waals surface area contributed by atoms with E-state index in [0.29, 0.717) is 6.42 Å². The van der Waals surface area contributed by atoms with Crippen molar-refractivity contribution in [1.82, 2.24) is 4.98 Å². The van der Waals surface area contributed by atoms with Gasteiger partial charge in [0, 0.05) is 6.42 Å². The lowest BCUT2D eigenvalue weighted by atomic mass is 10.1. The van der Waals surface area contributed by atoms with E-state index in [-0.39, 0.29) is 11.3 Å². The molecule has 0 saturated heterocycles. The van der Waals surface area contributed by atoms with Crippen molar-refractivity contribution in [1.29, 1.82) is 5.26 Å². The minimum absolute atomic E-state index is 0.0620. The van der Waals surface area contributed by atoms with Crippen LogP contribution in [0.25, 0.3) is 0 Å². The molecule has 0 saturated carbocycles. The Bertz CT molecular complexity index is 516. The van der Waals surface area contributed by atoms with Gasteiger partial charge in [0.1, 0.15) is 17.5 Å². The summed E-state index contributed by atoms with van der Waals surface area (Å²) in [7, 11) is 0. The average Bonchev–Trinajstić information content (AvgIpc) is 2.33. The standard InChI is InChI=1S/C13H11F3N2/c1-2-3-4-5-6-11-10(9-17)7-8-12(18-11)13(14,15)16/h7-8H,2-4H2,1H3. The minimum atomic E-state index is -4.52. The third-order valence-electron chi connectivity index (χ3n) is 2.17. The van der Waals surface area contributed by atoms with Gasteiger partial charge in [0.15, 0.2) is 0 Å². The molecule has 2 nitrogen and oxygen atoms in total. The van der Waals surface area contributed by atoms with Crippen molar-refractivity contribution in [3.05, 3.63) is 29.1 Å². The quantitative estimate of drug-likeness (QED) is 0.596. The molecule has 94 valence electrons. The van der Waals surface area contributed by atoms with E-state index < -0.39 is 11.9 Å². The molecule has 0 unspecified atom stereocenters. The molecule has 0 radical (unpaired) electrons. The number of nitriles is 1. The maximum Gasteiger partial charge on any atom is 0.433 e. The Morgan fingerprint density at radius 3 is 2.61 bits per heavy atom. The summed E-state index contributed by atoms with van der Waals surface area (Å²) in [5.74, 6) is 5.25. The number of aromatic nitrogens is 1. The highest BCUT2D eigenvalue weighted by atomic mass is 19.4. The van der Waals surface area contributed by atoms with Crippen LogP contribution in [-0.2, 0) is 6.18 Å². The SMILES string of the molecule is CCCCC#Cc1nc(C(F)(F)F)ccc1C#N. The van der Waals surface area contributed by atoms with Crippen LogP contribution in [0.3, 0.4) is 0 Å². The molecule has 0 aliphatic heterocycles. The number of unbranched alkanes of at least 4 members (excludes halogenated alkanes) is 2. The van der Waals surface area contributed by atoms with Gasteiger partial charge in [-0.05, 0) is 24.5 Å². The summed E-state index contributed by atoms with van der Waals surface area (Å²) in [4.78, 5) is 3.39. The van der Waals surface area contributed by atoms with Gasteiger partial charge in [-0.15, -0.1) is 0 Å². The fraction of sp³-hybridized carbons (Fsp3) is 0.385. The van der Waals surface area contributed by atoms with Crippen LogP contribution in [-0.4, -0.2) is 4.98 Å². The van der Waals surface area contributed by atoms with Crippen molar-refractivity contribution < 1.29 is 13.2 Å². The van der Waals surface area contributed by atoms with Gasteiger partial charge in [0.05, 0.1) is 5.56 Å². The van der Waals surface area contributed by atoms with E-state index in [1.807, 2.05) is 6.92 Å². The van der Waals surface area contributed by atoms with Crippen LogP contribution in [0.2, 0.25) is 0 Å². The molecule has 1 heterocycles. The Hall–Kier alpha value is -2.01. The van der Waals surface area contributed by atoms with E-state index >= 15 is 0 Å². The molecular formula is C13H11F3N2. The van der Waals surface area contributed by atoms with Gasteiger partial charge in [-0.2, -0.15) is 18.4 Å². The smallest absolute Gasteiger partial charge is 0.233 e. The molecular weight excluding hydrogens is 241 g/mol. The van der Waals surface area contributed by atoms with Crippen molar-refractivity contribution in [2.24, 2.45) is 0 Å². The molecule has 0 bridgehead atoms. The van der Waals surface area contributed by atoms with Gasteiger partial charge >= 0.3 is 6.18 Å². The summed E-state index contributed by atoms with van der Waals surface area (Å²) in [6, 6.07) is 3.67. The first-order valence-electron chi connectivity index (χ1n) is 5.46. The molecule has 0 N–H and O–H groups in total. The first kappa shape index (κ1) is 14.1. The van der Waals surface area contributed by atoms with Crippen LogP contribution >= 0.6 is 0 Å². The molecule has 0 aliphatic rings. The van der Waals surface area contributed by atoms with Crippen LogP contribution in [0.15, 0.2) is 12.1 Å². The lowest BCUT2D eigenvalue weighted by molar-refractivity contribution is -0.141. The number of nitrogens with zero attached hydrogens (tertiary/aromatic N) is 2. The topological polar surface area (TPSA) is 36.7 Å².